The molecule has 2 heterocycles. The highest BCUT2D eigenvalue weighted by Gasteiger charge is 2.09. The first-order chi connectivity index (χ1) is 11.6. The molecule has 0 saturated carbocycles. The Morgan fingerprint density at radius 1 is 1.21 bits per heavy atom. The summed E-state index contributed by atoms with van der Waals surface area (Å²) in [4.78, 5) is 26.9. The number of pyridine rings is 1. The summed E-state index contributed by atoms with van der Waals surface area (Å²) in [6.45, 7) is 1.46. The molecule has 0 spiro atoms. The van der Waals surface area contributed by atoms with Gasteiger partial charge in [0.1, 0.15) is 11.4 Å². The van der Waals surface area contributed by atoms with Crippen molar-refractivity contribution in [3.05, 3.63) is 48.8 Å². The molecule has 0 atom stereocenters. The molecule has 24 heavy (non-hydrogen) atoms. The van der Waals surface area contributed by atoms with Crippen LogP contribution in [-0.4, -0.2) is 28.4 Å². The third-order valence-electron chi connectivity index (χ3n) is 3.37. The fourth-order valence-electron chi connectivity index (χ4n) is 2.35. The van der Waals surface area contributed by atoms with Gasteiger partial charge in [0.25, 0.3) is 0 Å². The lowest BCUT2D eigenvalue weighted by molar-refractivity contribution is -0.114. The van der Waals surface area contributed by atoms with Gasteiger partial charge in [-0.2, -0.15) is 0 Å². The van der Waals surface area contributed by atoms with E-state index in [1.807, 2.05) is 28.7 Å². The maximum absolute atomic E-state index is 11.4. The molecule has 0 saturated heterocycles. The standard InChI is InChI=1S/C17H16N4O3/c1-11(22)20-13-5-3-4-12(8-13)15-9-19-16-7-6-14(10-21(15)16)24-17(23)18-2/h3-10H,1-2H3,(H,18,23)(H,20,22). The van der Waals surface area contributed by atoms with Crippen molar-refractivity contribution in [1.29, 1.82) is 0 Å². The van der Waals surface area contributed by atoms with E-state index >= 15 is 0 Å². The molecule has 7 heteroatoms. The molecule has 7 nitrogen and oxygen atoms in total. The van der Waals surface area contributed by atoms with E-state index in [0.29, 0.717) is 11.4 Å². The van der Waals surface area contributed by atoms with Crippen molar-refractivity contribution in [3.63, 3.8) is 0 Å². The highest BCUT2D eigenvalue weighted by molar-refractivity contribution is 5.89. The molecule has 122 valence electrons. The van der Waals surface area contributed by atoms with Crippen LogP contribution in [0.15, 0.2) is 48.8 Å². The first kappa shape index (κ1) is 15.5. The summed E-state index contributed by atoms with van der Waals surface area (Å²) in [5, 5.41) is 5.16. The highest BCUT2D eigenvalue weighted by atomic mass is 16.6. The number of aromatic nitrogens is 2. The van der Waals surface area contributed by atoms with Crippen LogP contribution < -0.4 is 15.4 Å². The van der Waals surface area contributed by atoms with Gasteiger partial charge in [0.15, 0.2) is 0 Å². The van der Waals surface area contributed by atoms with Crippen molar-refractivity contribution in [2.75, 3.05) is 12.4 Å². The molecular formula is C17H16N4O3. The number of nitrogens with one attached hydrogen (secondary N) is 2. The maximum Gasteiger partial charge on any atom is 0.412 e. The van der Waals surface area contributed by atoms with E-state index in [0.717, 1.165) is 16.9 Å². The number of fused-ring (bicyclic) bond motifs is 1. The Bertz CT molecular complexity index is 917. The van der Waals surface area contributed by atoms with Crippen LogP contribution in [0.4, 0.5) is 10.5 Å². The topological polar surface area (TPSA) is 84.7 Å². The maximum atomic E-state index is 11.4. The second-order valence-electron chi connectivity index (χ2n) is 5.14. The number of carbonyl (C=O) groups excluding carboxylic acids is 2. The lowest BCUT2D eigenvalue weighted by atomic mass is 10.1. The van der Waals surface area contributed by atoms with Gasteiger partial charge in [-0.15, -0.1) is 0 Å². The minimum atomic E-state index is -0.538. The van der Waals surface area contributed by atoms with E-state index in [9.17, 15) is 9.59 Å². The number of nitrogens with zero attached hydrogens (tertiary/aromatic N) is 2. The van der Waals surface area contributed by atoms with Gasteiger partial charge in [0.2, 0.25) is 5.91 Å². The van der Waals surface area contributed by atoms with Crippen LogP contribution in [0, 0.1) is 0 Å². The molecule has 0 aliphatic carbocycles. The van der Waals surface area contributed by atoms with Gasteiger partial charge in [0.05, 0.1) is 18.1 Å². The second-order valence-corrected chi connectivity index (χ2v) is 5.14. The van der Waals surface area contributed by atoms with Crippen LogP contribution in [-0.2, 0) is 4.79 Å². The number of hydrogen-bond donors (Lipinski definition) is 2. The van der Waals surface area contributed by atoms with E-state index in [4.69, 9.17) is 4.74 Å². The molecule has 3 rings (SSSR count). The number of amides is 2. The van der Waals surface area contributed by atoms with E-state index in [1.54, 1.807) is 24.5 Å². The van der Waals surface area contributed by atoms with E-state index < -0.39 is 6.09 Å². The third kappa shape index (κ3) is 3.19. The lowest BCUT2D eigenvalue weighted by Gasteiger charge is -2.08. The zero-order valence-electron chi connectivity index (χ0n) is 13.2. The van der Waals surface area contributed by atoms with E-state index in [1.165, 1.54) is 14.0 Å². The summed E-state index contributed by atoms with van der Waals surface area (Å²) < 4.78 is 6.98. The molecular weight excluding hydrogens is 308 g/mol. The molecule has 3 aromatic rings. The van der Waals surface area contributed by atoms with Crippen molar-refractivity contribution in [3.8, 4) is 17.0 Å². The molecule has 1 aromatic carbocycles. The molecule has 0 fully saturated rings. The summed E-state index contributed by atoms with van der Waals surface area (Å²) in [6.07, 6.45) is 2.88. The smallest absolute Gasteiger partial charge is 0.409 e. The van der Waals surface area contributed by atoms with Gasteiger partial charge in [-0.1, -0.05) is 12.1 Å². The van der Waals surface area contributed by atoms with Gasteiger partial charge in [-0.25, -0.2) is 9.78 Å². The fraction of sp³-hybridized carbons (Fsp3) is 0.118. The van der Waals surface area contributed by atoms with Crippen molar-refractivity contribution in [2.45, 2.75) is 6.92 Å². The molecule has 0 unspecified atom stereocenters. The van der Waals surface area contributed by atoms with Crippen LogP contribution in [0.3, 0.4) is 0 Å². The van der Waals surface area contributed by atoms with Crippen LogP contribution in [0.5, 0.6) is 5.75 Å². The van der Waals surface area contributed by atoms with Crippen molar-refractivity contribution in [1.82, 2.24) is 14.7 Å². The minimum absolute atomic E-state index is 0.133. The summed E-state index contributed by atoms with van der Waals surface area (Å²) in [6, 6.07) is 10.9. The van der Waals surface area contributed by atoms with Crippen LogP contribution in [0.2, 0.25) is 0 Å². The number of carbonyl (C=O) groups is 2. The number of benzene rings is 1. The molecule has 2 aromatic heterocycles. The first-order valence-electron chi connectivity index (χ1n) is 7.31. The Labute approximate surface area is 138 Å². The minimum Gasteiger partial charge on any atom is -0.409 e. The molecule has 0 radical (unpaired) electrons. The van der Waals surface area contributed by atoms with Gasteiger partial charge in [-0.05, 0) is 24.3 Å². The Kier molecular flexibility index (Phi) is 4.15. The summed E-state index contributed by atoms with van der Waals surface area (Å²) in [7, 11) is 1.50. The Morgan fingerprint density at radius 2 is 2.04 bits per heavy atom. The average molecular weight is 324 g/mol. The monoisotopic (exact) mass is 324 g/mol. The Hall–Kier alpha value is -3.35. The van der Waals surface area contributed by atoms with Gasteiger partial charge >= 0.3 is 6.09 Å². The zero-order chi connectivity index (χ0) is 17.1. The Balaban J connectivity index is 2.01. The first-order valence-corrected chi connectivity index (χ1v) is 7.31. The SMILES string of the molecule is CNC(=O)Oc1ccc2ncc(-c3cccc(NC(C)=O)c3)n2c1. The quantitative estimate of drug-likeness (QED) is 0.776. The molecule has 2 N–H and O–H groups in total. The average Bonchev–Trinajstić information content (AvgIpc) is 2.97. The van der Waals surface area contributed by atoms with Crippen LogP contribution >= 0.6 is 0 Å². The number of anilines is 1. The van der Waals surface area contributed by atoms with E-state index in [2.05, 4.69) is 15.6 Å². The fourth-order valence-corrected chi connectivity index (χ4v) is 2.35. The Morgan fingerprint density at radius 3 is 2.79 bits per heavy atom. The molecule has 2 amide bonds. The lowest BCUT2D eigenvalue weighted by Crippen LogP contribution is -2.22. The zero-order valence-corrected chi connectivity index (χ0v) is 13.2. The van der Waals surface area contributed by atoms with E-state index in [-0.39, 0.29) is 5.91 Å². The van der Waals surface area contributed by atoms with Crippen molar-refractivity contribution < 1.29 is 14.3 Å². The van der Waals surface area contributed by atoms with Gasteiger partial charge in [0, 0.05) is 25.2 Å². The number of hydrogen-bond acceptors (Lipinski definition) is 4. The summed E-state index contributed by atoms with van der Waals surface area (Å²) in [5.74, 6) is 0.269. The van der Waals surface area contributed by atoms with Crippen molar-refractivity contribution in [2.24, 2.45) is 0 Å². The summed E-state index contributed by atoms with van der Waals surface area (Å²) >= 11 is 0. The van der Waals surface area contributed by atoms with Crippen LogP contribution in [0.25, 0.3) is 16.9 Å². The molecule has 0 bridgehead atoms. The van der Waals surface area contributed by atoms with Gasteiger partial charge < -0.3 is 15.4 Å². The van der Waals surface area contributed by atoms with Gasteiger partial charge in [-0.3, -0.25) is 9.20 Å². The predicted octanol–water partition coefficient (Wildman–Crippen LogP) is 2.68. The normalized spacial score (nSPS) is 10.4. The van der Waals surface area contributed by atoms with Crippen molar-refractivity contribution >= 4 is 23.3 Å². The molecule has 0 aliphatic heterocycles. The largest absolute Gasteiger partial charge is 0.412 e. The number of rotatable bonds is 3. The summed E-state index contributed by atoms with van der Waals surface area (Å²) in [5.41, 5.74) is 3.12. The predicted molar refractivity (Wildman–Crippen MR) is 90.0 cm³/mol. The highest BCUT2D eigenvalue weighted by Crippen LogP contribution is 2.25. The van der Waals surface area contributed by atoms with Crippen LogP contribution in [0.1, 0.15) is 6.92 Å². The number of ether oxygens (including phenoxy) is 1. The molecule has 0 aliphatic rings. The number of imidazole rings is 1. The third-order valence-corrected chi connectivity index (χ3v) is 3.37. The second kappa shape index (κ2) is 6.41.